The van der Waals surface area contributed by atoms with Crippen molar-refractivity contribution in [1.82, 2.24) is 0 Å². The molecule has 1 aliphatic rings. The van der Waals surface area contributed by atoms with Crippen molar-refractivity contribution in [1.29, 1.82) is 5.26 Å². The van der Waals surface area contributed by atoms with Crippen molar-refractivity contribution in [2.75, 3.05) is 0 Å². The minimum atomic E-state index is -1.08. The van der Waals surface area contributed by atoms with E-state index in [9.17, 15) is 4.21 Å². The van der Waals surface area contributed by atoms with Gasteiger partial charge in [0.15, 0.2) is 0 Å². The largest absolute Gasteiger partial charge is 0.254 e. The van der Waals surface area contributed by atoms with Crippen molar-refractivity contribution in [2.24, 2.45) is 5.92 Å². The van der Waals surface area contributed by atoms with E-state index < -0.39 is 10.8 Å². The van der Waals surface area contributed by atoms with Gasteiger partial charge < -0.3 is 0 Å². The van der Waals surface area contributed by atoms with Crippen LogP contribution in [0.5, 0.6) is 0 Å². The van der Waals surface area contributed by atoms with Crippen molar-refractivity contribution in [3.05, 3.63) is 29.3 Å². The van der Waals surface area contributed by atoms with Crippen LogP contribution in [0.15, 0.2) is 29.2 Å². The summed E-state index contributed by atoms with van der Waals surface area (Å²) in [6.07, 6.45) is 2.76. The topological polar surface area (TPSA) is 40.9 Å². The Morgan fingerprint density at radius 3 is 2.62 bits per heavy atom. The molecule has 3 unspecified atom stereocenters. The van der Waals surface area contributed by atoms with Crippen LogP contribution in [0.1, 0.15) is 19.3 Å². The van der Waals surface area contributed by atoms with E-state index in [1.807, 2.05) is 0 Å². The molecule has 2 nitrogen and oxygen atoms in total. The maximum atomic E-state index is 12.2. The summed E-state index contributed by atoms with van der Waals surface area (Å²) in [5, 5.41) is 9.61. The Morgan fingerprint density at radius 1 is 1.31 bits per heavy atom. The zero-order valence-electron chi connectivity index (χ0n) is 8.73. The lowest BCUT2D eigenvalue weighted by Crippen LogP contribution is -2.18. The number of hydrogen-bond donors (Lipinski definition) is 0. The fourth-order valence-corrected chi connectivity index (χ4v) is 3.83. The Balaban J connectivity index is 2.19. The van der Waals surface area contributed by atoms with Gasteiger partial charge in [-0.15, -0.1) is 0 Å². The fraction of sp³-hybridized carbons (Fsp3) is 0.417. The van der Waals surface area contributed by atoms with Gasteiger partial charge in [-0.25, -0.2) is 0 Å². The van der Waals surface area contributed by atoms with E-state index >= 15 is 0 Å². The average Bonchev–Trinajstić information content (AvgIpc) is 2.77. The Morgan fingerprint density at radius 2 is 2.00 bits per heavy atom. The van der Waals surface area contributed by atoms with Crippen molar-refractivity contribution >= 4 is 22.4 Å². The third-order valence-corrected chi connectivity index (χ3v) is 5.04. The van der Waals surface area contributed by atoms with Crippen molar-refractivity contribution in [2.45, 2.75) is 29.4 Å². The van der Waals surface area contributed by atoms with Gasteiger partial charge in [-0.1, -0.05) is 18.0 Å². The minimum Gasteiger partial charge on any atom is -0.254 e. The average molecular weight is 254 g/mol. The van der Waals surface area contributed by atoms with Crippen LogP contribution in [0, 0.1) is 17.2 Å². The van der Waals surface area contributed by atoms with Crippen molar-refractivity contribution in [3.63, 3.8) is 0 Å². The monoisotopic (exact) mass is 253 g/mol. The molecule has 1 aliphatic carbocycles. The first kappa shape index (κ1) is 11.6. The van der Waals surface area contributed by atoms with Gasteiger partial charge in [0.1, 0.15) is 0 Å². The summed E-state index contributed by atoms with van der Waals surface area (Å²) in [5.74, 6) is -0.0588. The highest BCUT2D eigenvalue weighted by Gasteiger charge is 2.32. The minimum absolute atomic E-state index is 0.00817. The molecule has 4 heteroatoms. The van der Waals surface area contributed by atoms with E-state index in [2.05, 4.69) is 6.07 Å². The molecule has 84 valence electrons. The molecule has 1 aromatic carbocycles. The molecule has 1 aromatic rings. The van der Waals surface area contributed by atoms with E-state index in [-0.39, 0.29) is 11.2 Å². The number of hydrogen-bond acceptors (Lipinski definition) is 2. The predicted molar refractivity (Wildman–Crippen MR) is 64.6 cm³/mol. The molecule has 3 atom stereocenters. The fourth-order valence-electron chi connectivity index (χ4n) is 2.07. The highest BCUT2D eigenvalue weighted by molar-refractivity contribution is 7.85. The molecular weight excluding hydrogens is 242 g/mol. The number of nitrogens with zero attached hydrogens (tertiary/aromatic N) is 1. The van der Waals surface area contributed by atoms with Gasteiger partial charge in [0.2, 0.25) is 0 Å². The smallest absolute Gasteiger partial charge is 0.0668 e. The molecule has 0 amide bonds. The second-order valence-corrected chi connectivity index (χ2v) is 6.06. The summed E-state index contributed by atoms with van der Waals surface area (Å²) in [6, 6.07) is 9.31. The van der Waals surface area contributed by atoms with Crippen LogP contribution >= 0.6 is 11.6 Å². The van der Waals surface area contributed by atoms with Gasteiger partial charge in [0.05, 0.1) is 28.0 Å². The molecule has 0 saturated heterocycles. The van der Waals surface area contributed by atoms with Gasteiger partial charge in [-0.05, 0) is 37.1 Å². The Bertz CT molecular complexity index is 437. The molecule has 0 heterocycles. The van der Waals surface area contributed by atoms with E-state index in [0.717, 1.165) is 24.2 Å². The van der Waals surface area contributed by atoms with Crippen LogP contribution in [0.2, 0.25) is 5.02 Å². The Hall–Kier alpha value is -0.850. The number of benzene rings is 1. The number of nitriles is 1. The molecule has 16 heavy (non-hydrogen) atoms. The second kappa shape index (κ2) is 4.99. The van der Waals surface area contributed by atoms with Crippen molar-refractivity contribution < 1.29 is 4.21 Å². The summed E-state index contributed by atoms with van der Waals surface area (Å²) >= 11 is 5.78. The lowest BCUT2D eigenvalue weighted by Gasteiger charge is -2.12. The zero-order valence-corrected chi connectivity index (χ0v) is 10.3. The maximum Gasteiger partial charge on any atom is 0.0668 e. The number of rotatable bonds is 2. The predicted octanol–water partition coefficient (Wildman–Crippen LogP) is 3.14. The zero-order chi connectivity index (χ0) is 11.5. The SMILES string of the molecule is N#CC1CCCC1S(=O)c1ccc(Cl)cc1. The normalized spacial score (nSPS) is 26.2. The van der Waals surface area contributed by atoms with Gasteiger partial charge in [-0.3, -0.25) is 4.21 Å². The lowest BCUT2D eigenvalue weighted by molar-refractivity contribution is 0.646. The highest BCUT2D eigenvalue weighted by atomic mass is 35.5. The maximum absolute atomic E-state index is 12.2. The molecule has 0 spiro atoms. The summed E-state index contributed by atoms with van der Waals surface area (Å²) in [5.41, 5.74) is 0. The van der Waals surface area contributed by atoms with Crippen LogP contribution in [-0.2, 0) is 10.8 Å². The molecule has 0 aromatic heterocycles. The molecular formula is C12H12ClNOS. The summed E-state index contributed by atoms with van der Waals surface area (Å²) in [4.78, 5) is 0.775. The quantitative estimate of drug-likeness (QED) is 0.813. The first-order chi connectivity index (χ1) is 7.72. The van der Waals surface area contributed by atoms with Crippen LogP contribution in [0.4, 0.5) is 0 Å². The Labute approximate surface area is 103 Å². The first-order valence-electron chi connectivity index (χ1n) is 5.28. The molecule has 2 rings (SSSR count). The van der Waals surface area contributed by atoms with Gasteiger partial charge in [0.25, 0.3) is 0 Å². The van der Waals surface area contributed by atoms with Crippen LogP contribution in [0.3, 0.4) is 0 Å². The van der Waals surface area contributed by atoms with Gasteiger partial charge in [0, 0.05) is 9.92 Å². The Kier molecular flexibility index (Phi) is 3.63. The highest BCUT2D eigenvalue weighted by Crippen LogP contribution is 2.32. The second-order valence-electron chi connectivity index (χ2n) is 3.96. The molecule has 0 bridgehead atoms. The van der Waals surface area contributed by atoms with Gasteiger partial charge in [-0.2, -0.15) is 5.26 Å². The van der Waals surface area contributed by atoms with E-state index in [4.69, 9.17) is 16.9 Å². The van der Waals surface area contributed by atoms with Crippen molar-refractivity contribution in [3.8, 4) is 6.07 Å². The van der Waals surface area contributed by atoms with E-state index in [1.165, 1.54) is 0 Å². The third-order valence-electron chi connectivity index (χ3n) is 2.94. The third kappa shape index (κ3) is 2.28. The lowest BCUT2D eigenvalue weighted by atomic mass is 10.1. The van der Waals surface area contributed by atoms with E-state index in [0.29, 0.717) is 5.02 Å². The summed E-state index contributed by atoms with van der Waals surface area (Å²) in [6.45, 7) is 0. The molecule has 1 saturated carbocycles. The van der Waals surface area contributed by atoms with Crippen LogP contribution < -0.4 is 0 Å². The summed E-state index contributed by atoms with van der Waals surface area (Å²) in [7, 11) is -1.08. The van der Waals surface area contributed by atoms with E-state index in [1.54, 1.807) is 24.3 Å². The summed E-state index contributed by atoms with van der Waals surface area (Å²) < 4.78 is 12.2. The van der Waals surface area contributed by atoms with Gasteiger partial charge >= 0.3 is 0 Å². The molecule has 0 N–H and O–H groups in total. The molecule has 0 aliphatic heterocycles. The van der Waals surface area contributed by atoms with Crippen LogP contribution in [0.25, 0.3) is 0 Å². The number of halogens is 1. The molecule has 1 fully saturated rings. The molecule has 0 radical (unpaired) electrons. The first-order valence-corrected chi connectivity index (χ1v) is 6.87. The van der Waals surface area contributed by atoms with Crippen LogP contribution in [-0.4, -0.2) is 9.46 Å². The standard InChI is InChI=1S/C12H12ClNOS/c13-10-4-6-11(7-5-10)16(15)12-3-1-2-9(12)8-14/h4-7,9,12H,1-3H2.